The maximum absolute atomic E-state index is 15.1. The molecule has 15 N–H and O–H groups in total. The van der Waals surface area contributed by atoms with Crippen LogP contribution in [0.25, 0.3) is 21.7 Å². The first kappa shape index (κ1) is 70.0. The van der Waals surface area contributed by atoms with Gasteiger partial charge in [-0.25, -0.2) is 0 Å². The molecule has 3 saturated heterocycles. The Labute approximate surface area is 524 Å². The summed E-state index contributed by atoms with van der Waals surface area (Å²) < 4.78 is 0. The lowest BCUT2D eigenvalue weighted by Crippen LogP contribution is -2.61. The van der Waals surface area contributed by atoms with E-state index in [4.69, 9.17) is 17.2 Å². The van der Waals surface area contributed by atoms with E-state index in [0.717, 1.165) is 21.7 Å². The van der Waals surface area contributed by atoms with Crippen LogP contribution in [0.5, 0.6) is 0 Å². The molecule has 9 atom stereocenters. The summed E-state index contributed by atoms with van der Waals surface area (Å²) in [6.45, 7) is 6.93. The summed E-state index contributed by atoms with van der Waals surface area (Å²) in [7, 11) is 0. The van der Waals surface area contributed by atoms with Gasteiger partial charge < -0.3 is 74.5 Å². The number of rotatable bonds is 19. The fourth-order valence-electron chi connectivity index (χ4n) is 11.8. The Morgan fingerprint density at radius 1 is 0.733 bits per heavy atom. The first-order valence-corrected chi connectivity index (χ1v) is 31.0. The van der Waals surface area contributed by atoms with Crippen LogP contribution in [0.1, 0.15) is 130 Å². The molecule has 26 heteroatoms. The summed E-state index contributed by atoms with van der Waals surface area (Å²) in [4.78, 5) is 167. The van der Waals surface area contributed by atoms with Crippen molar-refractivity contribution in [3.05, 3.63) is 84.1 Å². The Morgan fingerprint density at radius 2 is 1.41 bits per heavy atom. The Morgan fingerprint density at radius 3 is 2.13 bits per heavy atom. The zero-order valence-electron chi connectivity index (χ0n) is 51.2. The van der Waals surface area contributed by atoms with Crippen molar-refractivity contribution in [3.63, 3.8) is 0 Å². The zero-order chi connectivity index (χ0) is 64.3. The number of unbranched alkanes of at least 4 members (excludes halogenated alkanes) is 1. The van der Waals surface area contributed by atoms with Crippen molar-refractivity contribution in [2.24, 2.45) is 28.1 Å². The van der Waals surface area contributed by atoms with Gasteiger partial charge in [0.15, 0.2) is 5.96 Å². The van der Waals surface area contributed by atoms with Crippen molar-refractivity contribution in [2.45, 2.75) is 186 Å². The van der Waals surface area contributed by atoms with Crippen LogP contribution in [0.3, 0.4) is 0 Å². The number of aromatic amines is 1. The van der Waals surface area contributed by atoms with Crippen LogP contribution in [0.2, 0.25) is 0 Å². The maximum atomic E-state index is 15.1. The molecule has 0 spiro atoms. The van der Waals surface area contributed by atoms with Crippen molar-refractivity contribution in [1.29, 1.82) is 0 Å². The number of benzene rings is 3. The number of carbonyl (C=O) groups excluding carboxylic acids is 11. The second-order valence-corrected chi connectivity index (χ2v) is 23.7. The van der Waals surface area contributed by atoms with Crippen molar-refractivity contribution < 1.29 is 52.7 Å². The number of aromatic nitrogens is 1. The highest BCUT2D eigenvalue weighted by molar-refractivity contribution is 6.00. The van der Waals surface area contributed by atoms with Crippen molar-refractivity contribution >= 4 is 92.6 Å². The summed E-state index contributed by atoms with van der Waals surface area (Å²) >= 11 is 0. The highest BCUT2D eigenvalue weighted by Gasteiger charge is 2.42. The lowest BCUT2D eigenvalue weighted by molar-refractivity contribution is -0.143. The monoisotopic (exact) mass is 1250 g/mol. The molecule has 0 aliphatic carbocycles. The molecule has 0 saturated carbocycles. The third-order valence-corrected chi connectivity index (χ3v) is 16.5. The van der Waals surface area contributed by atoms with Crippen LogP contribution < -0.4 is 59.7 Å². The number of H-pyrrole nitrogens is 1. The summed E-state index contributed by atoms with van der Waals surface area (Å²) in [5, 5.41) is 24.9. The van der Waals surface area contributed by atoms with E-state index in [1.165, 1.54) is 16.7 Å². The second kappa shape index (κ2) is 33.5. The molecule has 11 amide bonds. The predicted octanol–water partition coefficient (Wildman–Crippen LogP) is 1.21. The number of carbonyl (C=O) groups is 11. The van der Waals surface area contributed by atoms with Gasteiger partial charge in [0.05, 0.1) is 6.42 Å². The number of likely N-dealkylation sites (tertiary alicyclic amines) is 1. The molecular formula is C64H91N15O11. The van der Waals surface area contributed by atoms with Crippen molar-refractivity contribution in [1.82, 2.24) is 57.3 Å². The van der Waals surface area contributed by atoms with Gasteiger partial charge in [-0.2, -0.15) is 0 Å². The fraction of sp³-hybridized carbons (Fsp3) is 0.531. The molecule has 3 fully saturated rings. The fourth-order valence-corrected chi connectivity index (χ4v) is 11.8. The molecule has 0 radical (unpaired) electrons. The highest BCUT2D eigenvalue weighted by Crippen LogP contribution is 2.25. The molecule has 26 nitrogen and oxygen atoms in total. The Hall–Kier alpha value is -9.10. The number of para-hydroxylation sites is 1. The molecule has 4 heterocycles. The van der Waals surface area contributed by atoms with E-state index >= 15 is 14.4 Å². The van der Waals surface area contributed by atoms with Crippen LogP contribution in [0.4, 0.5) is 0 Å². The lowest BCUT2D eigenvalue weighted by Gasteiger charge is -2.31. The van der Waals surface area contributed by atoms with E-state index in [-0.39, 0.29) is 97.4 Å². The highest BCUT2D eigenvalue weighted by atomic mass is 16.2. The van der Waals surface area contributed by atoms with E-state index < -0.39 is 132 Å². The number of hydrogen-bond acceptors (Lipinski definition) is 12. The van der Waals surface area contributed by atoms with Crippen LogP contribution >= 0.6 is 0 Å². The van der Waals surface area contributed by atoms with Gasteiger partial charge >= 0.3 is 0 Å². The average molecular weight is 1250 g/mol. The molecule has 3 aliphatic heterocycles. The van der Waals surface area contributed by atoms with Gasteiger partial charge in [0, 0.05) is 63.0 Å². The van der Waals surface area contributed by atoms with Crippen LogP contribution in [-0.4, -0.2) is 166 Å². The minimum absolute atomic E-state index is 0. The van der Waals surface area contributed by atoms with Gasteiger partial charge in [-0.3, -0.25) is 57.7 Å². The molecule has 0 bridgehead atoms. The topological polar surface area (TPSA) is 397 Å². The second-order valence-electron chi connectivity index (χ2n) is 23.7. The van der Waals surface area contributed by atoms with E-state index in [0.29, 0.717) is 43.2 Å². The lowest BCUT2D eigenvalue weighted by atomic mass is 9.99. The third kappa shape index (κ3) is 19.2. The van der Waals surface area contributed by atoms with Gasteiger partial charge in [0.1, 0.15) is 54.4 Å². The predicted molar refractivity (Wildman–Crippen MR) is 340 cm³/mol. The van der Waals surface area contributed by atoms with Gasteiger partial charge in [-0.15, -0.1) is 0 Å². The standard InChI is InChI=1S/C63H87N15O11.CH4/c1-5-6-19-44(70-37(4)79)55(82)75-49-34-52(80)67-27-12-11-21-45(57(84)76-53(36(2)3)62(89)77-29-14-23-50(77)54(64)81)71-59(86)48(33-41-35-69-43-20-10-9-18-42(41)43)73-56(83)46(22-13-28-68-63(65)66)72-58(85)47(74-60(87)51-24-15-30-78(51)61(49)88)32-38-25-26-39-16-7-8-17-40(39)31-38;/h7-10,16-18,20,25-26,31,35-36,44-51,53,69H,5-6,11-15,19,21-24,27-30,32-34H2,1-4H3,(H2,64,81)(H,67,80)(H,70,79)(H,71,86)(H,72,85)(H,73,83)(H,74,87)(H,75,82)(H,76,84)(H4,65,66,68);1H4/t44-,45-,46-,47+,48-,49-,50+,51-,53?;/m0./s1. The summed E-state index contributed by atoms with van der Waals surface area (Å²) in [6.07, 6.45) is 4.11. The Balaban J connectivity index is 0.0000129. The maximum Gasteiger partial charge on any atom is 0.246 e. The van der Waals surface area contributed by atoms with Gasteiger partial charge in [0.25, 0.3) is 0 Å². The minimum Gasteiger partial charge on any atom is -0.370 e. The van der Waals surface area contributed by atoms with Crippen LogP contribution in [0, 0.1) is 5.92 Å². The largest absolute Gasteiger partial charge is 0.370 e. The molecule has 3 aromatic carbocycles. The quantitative estimate of drug-likeness (QED) is 0.0357. The normalized spacial score (nSPS) is 22.3. The summed E-state index contributed by atoms with van der Waals surface area (Å²) in [5.74, 6) is -8.45. The smallest absolute Gasteiger partial charge is 0.246 e. The first-order chi connectivity index (χ1) is 42.6. The number of aliphatic imine (C=N–C) groups is 1. The van der Waals surface area contributed by atoms with Gasteiger partial charge in [-0.1, -0.05) is 102 Å². The van der Waals surface area contributed by atoms with Crippen LogP contribution in [-0.2, 0) is 65.6 Å². The van der Waals surface area contributed by atoms with E-state index in [1.807, 2.05) is 67.6 Å². The molecule has 4 aromatic rings. The first-order valence-electron chi connectivity index (χ1n) is 31.0. The molecular weight excluding hydrogens is 1150 g/mol. The van der Waals surface area contributed by atoms with Gasteiger partial charge in [0.2, 0.25) is 65.0 Å². The molecule has 7 rings (SSSR count). The molecule has 90 heavy (non-hydrogen) atoms. The molecule has 3 aliphatic rings. The molecule has 1 aromatic heterocycles. The molecule has 488 valence electrons. The van der Waals surface area contributed by atoms with E-state index in [9.17, 15) is 38.4 Å². The number of amides is 11. The number of hydrogen-bond donors (Lipinski definition) is 12. The Kier molecular flexibility index (Phi) is 26.0. The number of nitrogens with two attached hydrogens (primary N) is 3. The summed E-state index contributed by atoms with van der Waals surface area (Å²) in [6, 6.07) is 9.02. The average Bonchev–Trinajstić information content (AvgIpc) is 2.18. The van der Waals surface area contributed by atoms with E-state index in [2.05, 4.69) is 52.5 Å². The van der Waals surface area contributed by atoms with Crippen molar-refractivity contribution in [2.75, 3.05) is 26.2 Å². The molecule has 1 unspecified atom stereocenters. The number of nitrogens with one attached hydrogen (secondary N) is 9. The number of guanidine groups is 1. The van der Waals surface area contributed by atoms with Crippen molar-refractivity contribution in [3.8, 4) is 0 Å². The number of primary amides is 1. The number of nitrogens with zero attached hydrogens (tertiary/aromatic N) is 3. The summed E-state index contributed by atoms with van der Waals surface area (Å²) in [5.41, 5.74) is 19.0. The van der Waals surface area contributed by atoms with Gasteiger partial charge in [-0.05, 0) is 98.1 Å². The van der Waals surface area contributed by atoms with Crippen LogP contribution in [0.15, 0.2) is 77.9 Å². The SMILES string of the molecule is C.CCCC[C@H](NC(C)=O)C(=O)N[C@H]1CC(=O)NCCCC[C@@H](C(=O)NC(C(=O)N2CCC[C@@H]2C(N)=O)C(C)C)NC(=O)[C@H](Cc2c[nH]c3ccccc23)NC(=O)[C@H](CCCN=C(N)N)NC(=O)[C@@H](Cc2ccc3ccccc3c2)NC(=O)[C@@H]2CCCN2C1=O. The third-order valence-electron chi connectivity index (χ3n) is 16.5. The Bertz CT molecular complexity index is 3250. The minimum atomic E-state index is -1.53. The number of fused-ring (bicyclic) bond motifs is 3. The van der Waals surface area contributed by atoms with E-state index in [1.54, 1.807) is 26.1 Å². The zero-order valence-corrected chi connectivity index (χ0v) is 51.2.